The number of carbonyl (C=O) groups excluding carboxylic acids is 1. The highest BCUT2D eigenvalue weighted by Crippen LogP contribution is 2.31. The van der Waals surface area contributed by atoms with Gasteiger partial charge in [-0.2, -0.15) is 0 Å². The van der Waals surface area contributed by atoms with Crippen LogP contribution in [0.1, 0.15) is 25.7 Å². The van der Waals surface area contributed by atoms with Crippen molar-refractivity contribution in [3.05, 3.63) is 29.3 Å². The highest BCUT2D eigenvalue weighted by Gasteiger charge is 2.16. The first-order chi connectivity index (χ1) is 11.2. The van der Waals surface area contributed by atoms with Crippen molar-refractivity contribution in [2.75, 3.05) is 18.4 Å². The Kier molecular flexibility index (Phi) is 7.42. The van der Waals surface area contributed by atoms with Crippen LogP contribution < -0.4 is 10.6 Å². The highest BCUT2D eigenvalue weighted by atomic mass is 35.5. The first-order valence-corrected chi connectivity index (χ1v) is 9.01. The Morgan fingerprint density at radius 2 is 2.04 bits per heavy atom. The quantitative estimate of drug-likeness (QED) is 0.814. The van der Waals surface area contributed by atoms with E-state index >= 15 is 0 Å². The topological polar surface area (TPSA) is 66.9 Å². The molecule has 5 nitrogen and oxygen atoms in total. The second-order valence-corrected chi connectivity index (χ2v) is 7.06. The molecule has 8 heteroatoms. The lowest BCUT2D eigenvalue weighted by Crippen LogP contribution is -2.28. The zero-order valence-electron chi connectivity index (χ0n) is 13.1. The van der Waals surface area contributed by atoms with E-state index in [2.05, 4.69) is 20.8 Å². The molecule has 1 fully saturated rings. The van der Waals surface area contributed by atoms with E-state index < -0.39 is 0 Å². The molecule has 2 heterocycles. The first kappa shape index (κ1) is 19.1. The monoisotopic (exact) mass is 386 g/mol. The molecule has 0 radical (unpaired) electrons. The summed E-state index contributed by atoms with van der Waals surface area (Å²) in [5.74, 6) is 0.653. The average Bonchev–Trinajstić information content (AvgIpc) is 3.02. The Labute approximate surface area is 156 Å². The minimum atomic E-state index is 0. The van der Waals surface area contributed by atoms with Crippen LogP contribution in [-0.2, 0) is 4.79 Å². The number of hydrogen-bond donors (Lipinski definition) is 2. The summed E-state index contributed by atoms with van der Waals surface area (Å²) in [7, 11) is 0. The minimum Gasteiger partial charge on any atom is -0.317 e. The maximum atomic E-state index is 12.1. The van der Waals surface area contributed by atoms with Crippen LogP contribution in [0.5, 0.6) is 0 Å². The summed E-state index contributed by atoms with van der Waals surface area (Å²) in [6.45, 7) is 2.12. The molecule has 3 rings (SSSR count). The van der Waals surface area contributed by atoms with Crippen LogP contribution >= 0.6 is 35.3 Å². The third-order valence-electron chi connectivity index (χ3n) is 4.01. The zero-order valence-corrected chi connectivity index (χ0v) is 15.5. The van der Waals surface area contributed by atoms with Crippen molar-refractivity contribution in [2.45, 2.75) is 25.7 Å². The first-order valence-electron chi connectivity index (χ1n) is 7.81. The summed E-state index contributed by atoms with van der Waals surface area (Å²) in [6, 6.07) is 7.48. The molecule has 1 aliphatic rings. The molecule has 1 aliphatic heterocycles. The molecule has 2 N–H and O–H groups in total. The van der Waals surface area contributed by atoms with Gasteiger partial charge in [0.2, 0.25) is 11.0 Å². The van der Waals surface area contributed by atoms with Gasteiger partial charge in [0.25, 0.3) is 0 Å². The largest absolute Gasteiger partial charge is 0.317 e. The van der Waals surface area contributed by atoms with Gasteiger partial charge in [-0.25, -0.2) is 0 Å². The fraction of sp³-hybridized carbons (Fsp3) is 0.438. The fourth-order valence-corrected chi connectivity index (χ4v) is 3.79. The average molecular weight is 387 g/mol. The second-order valence-electron chi connectivity index (χ2n) is 5.67. The number of amides is 1. The predicted molar refractivity (Wildman–Crippen MR) is 101 cm³/mol. The summed E-state index contributed by atoms with van der Waals surface area (Å²) in [4.78, 5) is 12.1. The van der Waals surface area contributed by atoms with Gasteiger partial charge < -0.3 is 10.6 Å². The number of piperidine rings is 1. The molecule has 1 amide bonds. The zero-order chi connectivity index (χ0) is 16.1. The number of nitrogens with one attached hydrogen (secondary N) is 2. The third-order valence-corrected chi connectivity index (χ3v) is 5.22. The molecule has 130 valence electrons. The molecule has 1 aromatic heterocycles. The maximum Gasteiger partial charge on any atom is 0.226 e. The number of anilines is 1. The van der Waals surface area contributed by atoms with Gasteiger partial charge in [-0.3, -0.25) is 4.79 Å². The minimum absolute atomic E-state index is 0. The standard InChI is InChI=1S/C16H19ClN4OS.ClH/c17-13-4-2-1-3-12(13)15-20-21-16(23-15)19-14(22)6-5-11-7-9-18-10-8-11;/h1-4,11,18H,5-10H2,(H,19,21,22);1H. The predicted octanol–water partition coefficient (Wildman–Crippen LogP) is 4.00. The smallest absolute Gasteiger partial charge is 0.226 e. The summed E-state index contributed by atoms with van der Waals surface area (Å²) >= 11 is 7.50. The van der Waals surface area contributed by atoms with Crippen LogP contribution in [0.2, 0.25) is 5.02 Å². The Balaban J connectivity index is 0.00000208. The summed E-state index contributed by atoms with van der Waals surface area (Å²) in [5, 5.41) is 16.2. The molecule has 0 aliphatic carbocycles. The van der Waals surface area contributed by atoms with Crippen molar-refractivity contribution in [3.8, 4) is 10.6 Å². The van der Waals surface area contributed by atoms with Gasteiger partial charge in [-0.1, -0.05) is 41.1 Å². The number of benzene rings is 1. The van der Waals surface area contributed by atoms with E-state index in [1.54, 1.807) is 0 Å². The van der Waals surface area contributed by atoms with Gasteiger partial charge in [-0.05, 0) is 44.3 Å². The van der Waals surface area contributed by atoms with Crippen LogP contribution in [0.25, 0.3) is 10.6 Å². The molecule has 0 bridgehead atoms. The lowest BCUT2D eigenvalue weighted by molar-refractivity contribution is -0.116. The third kappa shape index (κ3) is 5.14. The van der Waals surface area contributed by atoms with E-state index in [4.69, 9.17) is 11.6 Å². The van der Waals surface area contributed by atoms with Gasteiger partial charge in [0.15, 0.2) is 5.01 Å². The van der Waals surface area contributed by atoms with E-state index in [-0.39, 0.29) is 18.3 Å². The van der Waals surface area contributed by atoms with Crippen molar-refractivity contribution < 1.29 is 4.79 Å². The van der Waals surface area contributed by atoms with Crippen LogP contribution in [-0.4, -0.2) is 29.2 Å². The van der Waals surface area contributed by atoms with E-state index in [0.717, 1.165) is 37.9 Å². The maximum absolute atomic E-state index is 12.1. The van der Waals surface area contributed by atoms with E-state index in [9.17, 15) is 4.79 Å². The van der Waals surface area contributed by atoms with Gasteiger partial charge in [-0.15, -0.1) is 22.6 Å². The van der Waals surface area contributed by atoms with Crippen molar-refractivity contribution in [1.29, 1.82) is 0 Å². The van der Waals surface area contributed by atoms with Crippen LogP contribution in [0, 0.1) is 5.92 Å². The lowest BCUT2D eigenvalue weighted by atomic mass is 9.93. The normalized spacial score (nSPS) is 14.9. The number of rotatable bonds is 5. The molecule has 0 saturated carbocycles. The number of nitrogens with zero attached hydrogens (tertiary/aromatic N) is 2. The van der Waals surface area contributed by atoms with Crippen LogP contribution in [0.15, 0.2) is 24.3 Å². The van der Waals surface area contributed by atoms with E-state index in [0.29, 0.717) is 27.5 Å². The molecule has 1 saturated heterocycles. The number of hydrogen-bond acceptors (Lipinski definition) is 5. The summed E-state index contributed by atoms with van der Waals surface area (Å²) in [5.41, 5.74) is 0.835. The van der Waals surface area contributed by atoms with Gasteiger partial charge in [0.05, 0.1) is 5.02 Å². The Hall–Kier alpha value is -1.21. The number of carbonyl (C=O) groups is 1. The highest BCUT2D eigenvalue weighted by molar-refractivity contribution is 7.18. The van der Waals surface area contributed by atoms with Gasteiger partial charge in [0.1, 0.15) is 0 Å². The molecule has 0 unspecified atom stereocenters. The molecule has 24 heavy (non-hydrogen) atoms. The van der Waals surface area contributed by atoms with E-state index in [1.807, 2.05) is 24.3 Å². The molecular formula is C16H20Cl2N4OS. The number of aromatic nitrogens is 2. The van der Waals surface area contributed by atoms with Crippen LogP contribution in [0.4, 0.5) is 5.13 Å². The van der Waals surface area contributed by atoms with Crippen molar-refractivity contribution in [1.82, 2.24) is 15.5 Å². The molecular weight excluding hydrogens is 367 g/mol. The molecule has 0 atom stereocenters. The summed E-state index contributed by atoms with van der Waals surface area (Å²) < 4.78 is 0. The second kappa shape index (κ2) is 9.32. The van der Waals surface area contributed by atoms with Crippen molar-refractivity contribution in [2.24, 2.45) is 5.92 Å². The van der Waals surface area contributed by atoms with Crippen molar-refractivity contribution in [3.63, 3.8) is 0 Å². The Morgan fingerprint density at radius 3 is 2.79 bits per heavy atom. The SMILES string of the molecule is Cl.O=C(CCC1CCNCC1)Nc1nnc(-c2ccccc2Cl)s1. The number of halogens is 2. The van der Waals surface area contributed by atoms with Crippen LogP contribution in [0.3, 0.4) is 0 Å². The Bertz CT molecular complexity index is 674. The van der Waals surface area contributed by atoms with Gasteiger partial charge >= 0.3 is 0 Å². The fourth-order valence-electron chi connectivity index (χ4n) is 2.70. The van der Waals surface area contributed by atoms with E-state index in [1.165, 1.54) is 11.3 Å². The van der Waals surface area contributed by atoms with Crippen molar-refractivity contribution >= 4 is 46.4 Å². The molecule has 1 aromatic carbocycles. The summed E-state index contributed by atoms with van der Waals surface area (Å²) in [6.07, 6.45) is 3.78. The lowest BCUT2D eigenvalue weighted by Gasteiger charge is -2.21. The molecule has 2 aromatic rings. The van der Waals surface area contributed by atoms with Gasteiger partial charge in [0, 0.05) is 12.0 Å². The molecule has 0 spiro atoms. The Morgan fingerprint density at radius 1 is 1.29 bits per heavy atom.